The second kappa shape index (κ2) is 9.29. The van der Waals surface area contributed by atoms with Gasteiger partial charge in [-0.15, -0.1) is 0 Å². The van der Waals surface area contributed by atoms with Crippen molar-refractivity contribution in [2.75, 3.05) is 17.2 Å². The number of halogens is 2. The Hall–Kier alpha value is -3.22. The van der Waals surface area contributed by atoms with E-state index in [4.69, 9.17) is 10.00 Å². The van der Waals surface area contributed by atoms with Crippen LogP contribution in [0.2, 0.25) is 0 Å². The number of aromatic nitrogens is 3. The zero-order valence-corrected chi connectivity index (χ0v) is 19.5. The summed E-state index contributed by atoms with van der Waals surface area (Å²) in [6, 6.07) is 19.1. The Balaban J connectivity index is 1.66. The summed E-state index contributed by atoms with van der Waals surface area (Å²) in [7, 11) is 0. The molecule has 0 bridgehead atoms. The third-order valence-corrected chi connectivity index (χ3v) is 5.61. The lowest BCUT2D eigenvalue weighted by atomic mass is 10.1. The van der Waals surface area contributed by atoms with Crippen LogP contribution in [-0.4, -0.2) is 21.5 Å². The molecule has 1 aromatic heterocycles. The van der Waals surface area contributed by atoms with E-state index in [0.29, 0.717) is 29.8 Å². The van der Waals surface area contributed by atoms with Crippen molar-refractivity contribution in [1.29, 1.82) is 5.26 Å². The standard InChI is InChI=1S/C22H16Br2N6O/c1-2-26-20-28-21(27-16-7-3-13(12-25)4-8-16)30-22(29-20)31-18-10-5-14-11-15(23)6-9-17(14)19(18)24/h3-11H,2H2,1H3,(H2,26,27,28,29,30). The van der Waals surface area contributed by atoms with Crippen molar-refractivity contribution < 1.29 is 4.74 Å². The molecule has 0 amide bonds. The summed E-state index contributed by atoms with van der Waals surface area (Å²) in [4.78, 5) is 13.1. The first kappa shape index (κ1) is 21.0. The van der Waals surface area contributed by atoms with E-state index in [1.165, 1.54) is 0 Å². The van der Waals surface area contributed by atoms with Gasteiger partial charge in [0.05, 0.1) is 16.1 Å². The highest BCUT2D eigenvalue weighted by Crippen LogP contribution is 2.36. The minimum Gasteiger partial charge on any atom is -0.423 e. The molecule has 9 heteroatoms. The fraction of sp³-hybridized carbons (Fsp3) is 0.0909. The van der Waals surface area contributed by atoms with E-state index < -0.39 is 0 Å². The Bertz CT molecular complexity index is 1290. The number of rotatable bonds is 6. The SMILES string of the molecule is CCNc1nc(Nc2ccc(C#N)cc2)nc(Oc2ccc3cc(Br)ccc3c2Br)n1. The molecule has 0 saturated carbocycles. The molecule has 31 heavy (non-hydrogen) atoms. The number of ether oxygens (including phenoxy) is 1. The fourth-order valence-corrected chi connectivity index (χ4v) is 3.83. The number of nitriles is 1. The Kier molecular flexibility index (Phi) is 6.30. The van der Waals surface area contributed by atoms with Gasteiger partial charge in [0.15, 0.2) is 0 Å². The minimum absolute atomic E-state index is 0.152. The molecule has 0 atom stereocenters. The summed E-state index contributed by atoms with van der Waals surface area (Å²) < 4.78 is 7.82. The number of hydrogen-bond donors (Lipinski definition) is 2. The third-order valence-electron chi connectivity index (χ3n) is 4.30. The van der Waals surface area contributed by atoms with E-state index in [9.17, 15) is 0 Å². The molecular weight excluding hydrogens is 524 g/mol. The normalized spacial score (nSPS) is 10.5. The van der Waals surface area contributed by atoms with E-state index in [1.54, 1.807) is 24.3 Å². The second-order valence-corrected chi connectivity index (χ2v) is 8.16. The number of fused-ring (bicyclic) bond motifs is 1. The maximum Gasteiger partial charge on any atom is 0.328 e. The number of benzene rings is 3. The van der Waals surface area contributed by atoms with E-state index in [1.807, 2.05) is 37.3 Å². The molecule has 3 aromatic carbocycles. The Morgan fingerprint density at radius 3 is 2.48 bits per heavy atom. The fourth-order valence-electron chi connectivity index (χ4n) is 2.87. The molecule has 0 unspecified atom stereocenters. The first-order valence-corrected chi connectivity index (χ1v) is 11.0. The summed E-state index contributed by atoms with van der Waals surface area (Å²) in [6.07, 6.45) is 0. The molecule has 0 fully saturated rings. The summed E-state index contributed by atoms with van der Waals surface area (Å²) in [5, 5.41) is 17.2. The topological polar surface area (TPSA) is 95.8 Å². The molecule has 0 spiro atoms. The van der Waals surface area contributed by atoms with Gasteiger partial charge in [-0.1, -0.05) is 28.1 Å². The van der Waals surface area contributed by atoms with Crippen LogP contribution in [0, 0.1) is 11.3 Å². The maximum absolute atomic E-state index is 8.96. The first-order valence-electron chi connectivity index (χ1n) is 9.38. The van der Waals surface area contributed by atoms with Gasteiger partial charge in [-0.3, -0.25) is 0 Å². The van der Waals surface area contributed by atoms with Crippen molar-refractivity contribution >= 4 is 60.2 Å². The van der Waals surface area contributed by atoms with Gasteiger partial charge in [0.25, 0.3) is 0 Å². The number of hydrogen-bond acceptors (Lipinski definition) is 7. The van der Waals surface area contributed by atoms with E-state index in [-0.39, 0.29) is 6.01 Å². The van der Waals surface area contributed by atoms with Crippen LogP contribution >= 0.6 is 31.9 Å². The zero-order valence-electron chi connectivity index (χ0n) is 16.4. The lowest BCUT2D eigenvalue weighted by Gasteiger charge is -2.12. The molecule has 4 aromatic rings. The molecule has 154 valence electrons. The smallest absolute Gasteiger partial charge is 0.328 e. The summed E-state index contributed by atoms with van der Waals surface area (Å²) in [5.41, 5.74) is 1.32. The van der Waals surface area contributed by atoms with Crippen LogP contribution in [0.1, 0.15) is 12.5 Å². The highest BCUT2D eigenvalue weighted by Gasteiger charge is 2.13. The van der Waals surface area contributed by atoms with Crippen molar-refractivity contribution in [3.05, 3.63) is 69.1 Å². The molecule has 0 aliphatic carbocycles. The predicted octanol–water partition coefficient (Wildman–Crippen LogP) is 6.39. The van der Waals surface area contributed by atoms with E-state index >= 15 is 0 Å². The molecule has 1 heterocycles. The van der Waals surface area contributed by atoms with Crippen LogP contribution in [-0.2, 0) is 0 Å². The van der Waals surface area contributed by atoms with Crippen LogP contribution in [0.15, 0.2) is 63.5 Å². The Labute approximate surface area is 195 Å². The zero-order chi connectivity index (χ0) is 21.8. The number of nitrogens with zero attached hydrogens (tertiary/aromatic N) is 4. The summed E-state index contributed by atoms with van der Waals surface area (Å²) >= 11 is 7.12. The number of nitrogens with one attached hydrogen (secondary N) is 2. The lowest BCUT2D eigenvalue weighted by Crippen LogP contribution is -2.08. The van der Waals surface area contributed by atoms with Crippen LogP contribution < -0.4 is 15.4 Å². The van der Waals surface area contributed by atoms with Crippen LogP contribution in [0.25, 0.3) is 10.8 Å². The van der Waals surface area contributed by atoms with Gasteiger partial charge >= 0.3 is 6.01 Å². The van der Waals surface area contributed by atoms with Crippen molar-refractivity contribution in [2.24, 2.45) is 0 Å². The predicted molar refractivity (Wildman–Crippen MR) is 128 cm³/mol. The lowest BCUT2D eigenvalue weighted by molar-refractivity contribution is 0.439. The van der Waals surface area contributed by atoms with Crippen LogP contribution in [0.4, 0.5) is 17.6 Å². The van der Waals surface area contributed by atoms with Gasteiger partial charge in [-0.2, -0.15) is 20.2 Å². The van der Waals surface area contributed by atoms with Crippen molar-refractivity contribution in [1.82, 2.24) is 15.0 Å². The summed E-state index contributed by atoms with van der Waals surface area (Å²) in [6.45, 7) is 2.60. The average molecular weight is 540 g/mol. The molecular formula is C22H16Br2N6O. The quantitative estimate of drug-likeness (QED) is 0.293. The molecule has 7 nitrogen and oxygen atoms in total. The monoisotopic (exact) mass is 538 g/mol. The van der Waals surface area contributed by atoms with Crippen LogP contribution in [0.3, 0.4) is 0 Å². The van der Waals surface area contributed by atoms with Gasteiger partial charge in [0.1, 0.15) is 5.75 Å². The third kappa shape index (κ3) is 4.93. The van der Waals surface area contributed by atoms with Crippen LogP contribution in [0.5, 0.6) is 11.8 Å². The van der Waals surface area contributed by atoms with Crippen molar-refractivity contribution in [3.8, 4) is 17.8 Å². The second-order valence-electron chi connectivity index (χ2n) is 6.45. The Morgan fingerprint density at radius 2 is 1.74 bits per heavy atom. The molecule has 0 aliphatic heterocycles. The first-order chi connectivity index (χ1) is 15.1. The molecule has 0 aliphatic rings. The van der Waals surface area contributed by atoms with Crippen molar-refractivity contribution in [2.45, 2.75) is 6.92 Å². The maximum atomic E-state index is 8.96. The van der Waals surface area contributed by atoms with Gasteiger partial charge in [0.2, 0.25) is 11.9 Å². The highest BCUT2D eigenvalue weighted by molar-refractivity contribution is 9.11. The van der Waals surface area contributed by atoms with Gasteiger partial charge in [0, 0.05) is 16.7 Å². The molecule has 2 N–H and O–H groups in total. The summed E-state index contributed by atoms with van der Waals surface area (Å²) in [5.74, 6) is 1.31. The average Bonchev–Trinajstić information content (AvgIpc) is 2.76. The van der Waals surface area contributed by atoms with E-state index in [2.05, 4.69) is 63.5 Å². The highest BCUT2D eigenvalue weighted by atomic mass is 79.9. The van der Waals surface area contributed by atoms with E-state index in [0.717, 1.165) is 25.4 Å². The van der Waals surface area contributed by atoms with Crippen molar-refractivity contribution in [3.63, 3.8) is 0 Å². The Morgan fingerprint density at radius 1 is 0.968 bits per heavy atom. The molecule has 0 radical (unpaired) electrons. The van der Waals surface area contributed by atoms with Gasteiger partial charge in [-0.05, 0) is 76.1 Å². The number of anilines is 3. The minimum atomic E-state index is 0.152. The van der Waals surface area contributed by atoms with Gasteiger partial charge < -0.3 is 15.4 Å². The molecule has 4 rings (SSSR count). The largest absolute Gasteiger partial charge is 0.423 e. The molecule has 0 saturated heterocycles. The van der Waals surface area contributed by atoms with Gasteiger partial charge in [-0.25, -0.2) is 0 Å².